The lowest BCUT2D eigenvalue weighted by atomic mass is 10.1. The number of ether oxygens (including phenoxy) is 2. The van der Waals surface area contributed by atoms with Gasteiger partial charge >= 0.3 is 0 Å². The number of nitriles is 1. The minimum atomic E-state index is -2.68. The first kappa shape index (κ1) is 23.1. The zero-order valence-corrected chi connectivity index (χ0v) is 18.4. The third-order valence-electron chi connectivity index (χ3n) is 4.36. The third kappa shape index (κ3) is 5.36. The quantitative estimate of drug-likeness (QED) is 0.496. The average Bonchev–Trinajstić information content (AvgIpc) is 2.76. The number of halogens is 1. The van der Waals surface area contributed by atoms with Gasteiger partial charge in [0.05, 0.1) is 41.7 Å². The van der Waals surface area contributed by atoms with Crippen LogP contribution in [0.2, 0.25) is 5.02 Å². The molecule has 0 aliphatic heterocycles. The van der Waals surface area contributed by atoms with Crippen molar-refractivity contribution in [2.75, 3.05) is 11.4 Å². The highest BCUT2D eigenvalue weighted by Gasteiger charge is 2.16. The van der Waals surface area contributed by atoms with Crippen LogP contribution in [-0.2, 0) is 22.5 Å². The van der Waals surface area contributed by atoms with Crippen molar-refractivity contribution in [2.45, 2.75) is 6.42 Å². The fourth-order valence-corrected chi connectivity index (χ4v) is 3.68. The zero-order valence-electron chi connectivity index (χ0n) is 16.8. The Morgan fingerprint density at radius 2 is 1.75 bits per heavy atom. The fourth-order valence-electron chi connectivity index (χ4n) is 2.94. The van der Waals surface area contributed by atoms with E-state index in [1.54, 1.807) is 42.5 Å². The summed E-state index contributed by atoms with van der Waals surface area (Å²) in [5.74, 6) is 0.443. The van der Waals surface area contributed by atoms with Crippen molar-refractivity contribution in [3.8, 4) is 23.3 Å². The maximum absolute atomic E-state index is 12.0. The van der Waals surface area contributed by atoms with Crippen LogP contribution in [0.1, 0.15) is 11.1 Å². The molecule has 32 heavy (non-hydrogen) atoms. The van der Waals surface area contributed by atoms with E-state index in [2.05, 4.69) is 0 Å². The van der Waals surface area contributed by atoms with Gasteiger partial charge in [-0.2, -0.15) is 5.26 Å². The Kier molecular flexibility index (Phi) is 7.33. The number of rotatable bonds is 8. The molecule has 0 fully saturated rings. The molecule has 1 unspecified atom stereocenters. The lowest BCUT2D eigenvalue weighted by Crippen LogP contribution is -2.20. The summed E-state index contributed by atoms with van der Waals surface area (Å²) in [5, 5.41) is 10.1. The van der Waals surface area contributed by atoms with Crippen molar-refractivity contribution >= 4 is 40.1 Å². The van der Waals surface area contributed by atoms with Gasteiger partial charge in [0.2, 0.25) is 5.91 Å². The van der Waals surface area contributed by atoms with Crippen molar-refractivity contribution in [1.29, 1.82) is 5.26 Å². The molecule has 2 N–H and O–H groups in total. The van der Waals surface area contributed by atoms with Crippen LogP contribution in [0.25, 0.3) is 0 Å². The molecule has 0 radical (unpaired) electrons. The van der Waals surface area contributed by atoms with Crippen LogP contribution >= 0.6 is 11.6 Å². The Balaban J connectivity index is 1.94. The maximum atomic E-state index is 12.0. The highest BCUT2D eigenvalue weighted by atomic mass is 35.5. The van der Waals surface area contributed by atoms with Crippen molar-refractivity contribution in [3.63, 3.8) is 0 Å². The van der Waals surface area contributed by atoms with Crippen LogP contribution in [0, 0.1) is 11.3 Å². The van der Waals surface area contributed by atoms with Crippen LogP contribution < -0.4 is 19.5 Å². The molecule has 0 bridgehead atoms. The van der Waals surface area contributed by atoms with E-state index in [-0.39, 0.29) is 23.4 Å². The number of carbonyl (C=O) groups is 1. The van der Waals surface area contributed by atoms with Crippen LogP contribution in [0.4, 0.5) is 11.4 Å². The van der Waals surface area contributed by atoms with Crippen LogP contribution in [0.15, 0.2) is 60.7 Å². The second-order valence-electron chi connectivity index (χ2n) is 6.51. The second kappa shape index (κ2) is 10.2. The highest BCUT2D eigenvalue weighted by molar-refractivity contribution is 7.81. The smallest absolute Gasteiger partial charge is 0.221 e. The molecule has 10 heteroatoms. The molecular formula is C22H17ClN3O5S-. The molecule has 0 aromatic heterocycles. The van der Waals surface area contributed by atoms with Crippen molar-refractivity contribution in [1.82, 2.24) is 0 Å². The van der Waals surface area contributed by atoms with Gasteiger partial charge in [0, 0.05) is 11.1 Å². The summed E-state index contributed by atoms with van der Waals surface area (Å²) in [4.78, 5) is 11.1. The van der Waals surface area contributed by atoms with Crippen molar-refractivity contribution < 1.29 is 23.0 Å². The minimum absolute atomic E-state index is 0.0412. The van der Waals surface area contributed by atoms with Gasteiger partial charge in [-0.05, 0) is 48.0 Å². The third-order valence-corrected chi connectivity index (χ3v) is 5.32. The van der Waals surface area contributed by atoms with Gasteiger partial charge in [-0.25, -0.2) is 0 Å². The summed E-state index contributed by atoms with van der Waals surface area (Å²) >= 11 is 3.28. The van der Waals surface area contributed by atoms with Crippen LogP contribution in [0.5, 0.6) is 17.2 Å². The summed E-state index contributed by atoms with van der Waals surface area (Å²) < 4.78 is 36.0. The molecule has 3 aromatic rings. The van der Waals surface area contributed by atoms with Crippen LogP contribution in [-0.4, -0.2) is 21.8 Å². The molecule has 164 valence electrons. The first-order chi connectivity index (χ1) is 15.3. The van der Waals surface area contributed by atoms with E-state index in [4.69, 9.17) is 26.8 Å². The summed E-state index contributed by atoms with van der Waals surface area (Å²) in [5.41, 5.74) is 6.50. The van der Waals surface area contributed by atoms with E-state index in [1.807, 2.05) is 6.07 Å². The summed E-state index contributed by atoms with van der Waals surface area (Å²) in [6, 6.07) is 17.5. The van der Waals surface area contributed by atoms with Gasteiger partial charge in [-0.15, -0.1) is 0 Å². The Morgan fingerprint density at radius 3 is 2.34 bits per heavy atom. The number of benzene rings is 3. The van der Waals surface area contributed by atoms with Gasteiger partial charge in [0.15, 0.2) is 11.5 Å². The molecular weight excluding hydrogens is 454 g/mol. The van der Waals surface area contributed by atoms with E-state index in [1.165, 1.54) is 25.3 Å². The number of anilines is 2. The summed E-state index contributed by atoms with van der Waals surface area (Å²) in [6.45, 7) is 0. The molecule has 0 saturated carbocycles. The minimum Gasteiger partial charge on any atom is -0.755 e. The van der Waals surface area contributed by atoms with Crippen LogP contribution in [0.3, 0.4) is 0 Å². The Bertz CT molecular complexity index is 1210. The monoisotopic (exact) mass is 470 g/mol. The van der Waals surface area contributed by atoms with E-state index in [0.717, 1.165) is 4.31 Å². The molecule has 0 heterocycles. The Hall–Kier alpha value is -3.58. The predicted octanol–water partition coefficient (Wildman–Crippen LogP) is 3.97. The number of amides is 1. The SMILES string of the molecule is COc1cc(Cl)ccc1Oc1ccc(N(c2ccc(CC(N)=O)cc2)S(=O)[O-])cc1C#N. The molecule has 1 atom stereocenters. The van der Waals surface area contributed by atoms with E-state index in [0.29, 0.717) is 27.8 Å². The summed E-state index contributed by atoms with van der Waals surface area (Å²) in [7, 11) is 1.46. The standard InChI is InChI=1S/C22H18ClN3O5S/c1-30-21-12-16(23)4-8-20(21)31-19-9-7-18(11-15(19)13-24)26(32(28)29)17-5-2-14(3-6-17)10-22(25)27/h2-9,11-12H,10H2,1H3,(H2,25,27)(H,28,29)/p-1. The number of hydrogen-bond acceptors (Lipinski definition) is 6. The molecule has 3 aromatic carbocycles. The Morgan fingerprint density at radius 1 is 1.09 bits per heavy atom. The summed E-state index contributed by atoms with van der Waals surface area (Å²) in [6.07, 6.45) is 0.0412. The molecule has 0 saturated heterocycles. The highest BCUT2D eigenvalue weighted by Crippen LogP contribution is 2.37. The number of nitrogens with zero attached hydrogens (tertiary/aromatic N) is 2. The average molecular weight is 471 g/mol. The number of methoxy groups -OCH3 is 1. The van der Waals surface area contributed by atoms with Gasteiger partial charge in [0.25, 0.3) is 0 Å². The number of carbonyl (C=O) groups excluding carboxylic acids is 1. The normalized spacial score (nSPS) is 11.3. The molecule has 0 spiro atoms. The molecule has 8 nitrogen and oxygen atoms in total. The molecule has 0 aliphatic rings. The molecule has 1 amide bonds. The number of hydrogen-bond donors (Lipinski definition) is 1. The van der Waals surface area contributed by atoms with Gasteiger partial charge < -0.3 is 19.8 Å². The maximum Gasteiger partial charge on any atom is 0.221 e. The lowest BCUT2D eigenvalue weighted by Gasteiger charge is -2.27. The van der Waals surface area contributed by atoms with E-state index in [9.17, 15) is 18.8 Å². The predicted molar refractivity (Wildman–Crippen MR) is 120 cm³/mol. The Labute approximate surface area is 192 Å². The van der Waals surface area contributed by atoms with Gasteiger partial charge in [-0.3, -0.25) is 13.3 Å². The largest absolute Gasteiger partial charge is 0.755 e. The first-order valence-corrected chi connectivity index (χ1v) is 10.6. The van der Waals surface area contributed by atoms with Gasteiger partial charge in [0.1, 0.15) is 11.8 Å². The number of nitrogens with two attached hydrogens (primary N) is 1. The first-order valence-electron chi connectivity index (χ1n) is 9.14. The lowest BCUT2D eigenvalue weighted by molar-refractivity contribution is -0.117. The zero-order chi connectivity index (χ0) is 23.3. The van der Waals surface area contributed by atoms with E-state index < -0.39 is 17.2 Å². The van der Waals surface area contributed by atoms with Crippen molar-refractivity contribution in [3.05, 3.63) is 76.8 Å². The topological polar surface area (TPSA) is 129 Å². The van der Waals surface area contributed by atoms with Crippen molar-refractivity contribution in [2.24, 2.45) is 5.73 Å². The van der Waals surface area contributed by atoms with Gasteiger partial charge in [-0.1, -0.05) is 23.7 Å². The number of primary amides is 1. The van der Waals surface area contributed by atoms with E-state index >= 15 is 0 Å². The second-order valence-corrected chi connectivity index (χ2v) is 7.75. The molecule has 0 aliphatic carbocycles. The molecule has 3 rings (SSSR count). The fraction of sp³-hybridized carbons (Fsp3) is 0.0909.